The third-order valence-electron chi connectivity index (χ3n) is 1.81. The van der Waals surface area contributed by atoms with Crippen molar-refractivity contribution >= 4 is 4.40 Å². The van der Waals surface area contributed by atoms with E-state index in [4.69, 9.17) is 0 Å². The molecule has 0 N–H and O–H groups in total. The molecule has 0 saturated heterocycles. The van der Waals surface area contributed by atoms with Gasteiger partial charge in [-0.25, -0.2) is 0 Å². The van der Waals surface area contributed by atoms with E-state index in [0.717, 1.165) is 0 Å². The quantitative estimate of drug-likeness (QED) is 0.785. The van der Waals surface area contributed by atoms with Crippen LogP contribution < -0.4 is 0 Å². The summed E-state index contributed by atoms with van der Waals surface area (Å²) >= 11 is 1.54. The summed E-state index contributed by atoms with van der Waals surface area (Å²) in [5.74, 6) is 0. The molecule has 1 rings (SSSR count). The monoisotopic (exact) mass is 316 g/mol. The molecule has 11 heavy (non-hydrogen) atoms. The van der Waals surface area contributed by atoms with E-state index in [9.17, 15) is 0 Å². The number of hydrogen-bond acceptors (Lipinski definition) is 0. The van der Waals surface area contributed by atoms with Crippen molar-refractivity contribution in [2.45, 2.75) is 19.3 Å². The molecule has 0 fully saturated rings. The van der Waals surface area contributed by atoms with Crippen molar-refractivity contribution in [2.75, 3.05) is 0 Å². The Hall–Kier alpha value is -0.222. The van der Waals surface area contributed by atoms with Crippen molar-refractivity contribution in [3.63, 3.8) is 0 Å². The summed E-state index contributed by atoms with van der Waals surface area (Å²) in [6, 6.07) is 10.6. The van der Waals surface area contributed by atoms with Crippen LogP contribution in [0.1, 0.15) is 19.4 Å². The summed E-state index contributed by atoms with van der Waals surface area (Å²) in [5, 5.41) is 0. The molecule has 0 spiro atoms. The normalized spacial score (nSPS) is 11.1. The molecule has 0 amide bonds. The fraction of sp³-hybridized carbons (Fsp3) is 0.300. The van der Waals surface area contributed by atoms with Crippen LogP contribution in [-0.2, 0) is 24.8 Å². The third kappa shape index (κ3) is 2.10. The van der Waals surface area contributed by atoms with Crippen LogP contribution in [0.4, 0.5) is 0 Å². The molecule has 0 saturated carbocycles. The van der Waals surface area contributed by atoms with Gasteiger partial charge < -0.3 is 0 Å². The maximum atomic E-state index is 2.31. The predicted molar refractivity (Wildman–Crippen MR) is 45.5 cm³/mol. The fourth-order valence-corrected chi connectivity index (χ4v) is 1.42. The molecule has 0 aliphatic heterocycles. The second kappa shape index (κ2) is 3.45. The Morgan fingerprint density at radius 3 is 2.18 bits per heavy atom. The molecule has 0 unspecified atom stereocenters. The number of rotatable bonds is 2. The van der Waals surface area contributed by atoms with Crippen molar-refractivity contribution in [3.05, 3.63) is 35.9 Å². The fourth-order valence-electron chi connectivity index (χ4n) is 0.936. The van der Waals surface area contributed by atoms with Gasteiger partial charge in [0, 0.05) is 0 Å². The summed E-state index contributed by atoms with van der Waals surface area (Å²) in [4.78, 5) is 0. The molecule has 0 aliphatic rings. The van der Waals surface area contributed by atoms with Gasteiger partial charge >= 0.3 is 78.9 Å². The van der Waals surface area contributed by atoms with Gasteiger partial charge in [-0.1, -0.05) is 0 Å². The van der Waals surface area contributed by atoms with Gasteiger partial charge in [0.15, 0.2) is 0 Å². The van der Waals surface area contributed by atoms with E-state index in [1.54, 1.807) is 0 Å². The van der Waals surface area contributed by atoms with E-state index in [-0.39, 0.29) is 5.41 Å². The molecule has 1 aromatic rings. The van der Waals surface area contributed by atoms with Gasteiger partial charge in [-0.2, -0.15) is 0 Å². The Kier molecular flexibility index (Phi) is 2.78. The maximum absolute atomic E-state index is 2.31. The summed E-state index contributed by atoms with van der Waals surface area (Å²) in [5.41, 5.74) is 1.64. The summed E-state index contributed by atoms with van der Waals surface area (Å²) < 4.78 is 2.31. The molecule has 1 heteroatoms. The zero-order valence-corrected chi connectivity index (χ0v) is 9.81. The third-order valence-corrected chi connectivity index (χ3v) is 3.93. The first-order valence-electron chi connectivity index (χ1n) is 3.69. The van der Waals surface area contributed by atoms with Gasteiger partial charge in [-0.3, -0.25) is 0 Å². The van der Waals surface area contributed by atoms with E-state index >= 15 is 0 Å². The zero-order valence-electron chi connectivity index (χ0n) is 6.87. The number of benzene rings is 1. The molecular weight excluding hydrogens is 304 g/mol. The summed E-state index contributed by atoms with van der Waals surface area (Å²) in [7, 11) is 0. The van der Waals surface area contributed by atoms with Crippen LogP contribution in [0, 0.1) is 0 Å². The van der Waals surface area contributed by atoms with E-state index in [1.807, 2.05) is 0 Å². The standard InChI is InChI=1S/C10H12.W/c1-10(2,3)9-7-5-4-6-8-9;/h1,4-8H,2-3H3;. The second-order valence-corrected chi connectivity index (χ2v) is 4.05. The van der Waals surface area contributed by atoms with E-state index in [1.165, 1.54) is 24.9 Å². The second-order valence-electron chi connectivity index (χ2n) is 3.21. The average Bonchev–Trinajstić information content (AvgIpc) is 2.06. The molecule has 1 aromatic carbocycles. The Morgan fingerprint density at radius 2 is 1.73 bits per heavy atom. The summed E-state index contributed by atoms with van der Waals surface area (Å²) in [6.45, 7) is 4.49. The van der Waals surface area contributed by atoms with Crippen LogP contribution in [0.3, 0.4) is 0 Å². The molecule has 58 valence electrons. The van der Waals surface area contributed by atoms with Crippen molar-refractivity contribution in [2.24, 2.45) is 0 Å². The van der Waals surface area contributed by atoms with Gasteiger partial charge in [0.25, 0.3) is 0 Å². The van der Waals surface area contributed by atoms with Crippen LogP contribution in [0.2, 0.25) is 0 Å². The van der Waals surface area contributed by atoms with E-state index in [0.29, 0.717) is 0 Å². The molecule has 0 radical (unpaired) electrons. The van der Waals surface area contributed by atoms with Gasteiger partial charge in [-0.15, -0.1) is 0 Å². The minimum absolute atomic E-state index is 0.247. The van der Waals surface area contributed by atoms with Gasteiger partial charge in [0.2, 0.25) is 0 Å². The molecule has 0 aromatic heterocycles. The predicted octanol–water partition coefficient (Wildman–Crippen LogP) is 2.31. The molecule has 0 bridgehead atoms. The molecule has 0 atom stereocenters. The van der Waals surface area contributed by atoms with E-state index in [2.05, 4.69) is 48.6 Å². The van der Waals surface area contributed by atoms with Crippen LogP contribution in [-0.4, -0.2) is 4.40 Å². The first kappa shape index (κ1) is 8.87. The average molecular weight is 316 g/mol. The number of hydrogen-bond donors (Lipinski definition) is 0. The van der Waals surface area contributed by atoms with Crippen molar-refractivity contribution in [3.8, 4) is 0 Å². The summed E-state index contributed by atoms with van der Waals surface area (Å²) in [6.07, 6.45) is 0. The van der Waals surface area contributed by atoms with E-state index < -0.39 is 0 Å². The molecular formula is C10H12W. The SMILES string of the molecule is CC(C)([CH]=[W])c1ccccc1. The van der Waals surface area contributed by atoms with Crippen LogP contribution in [0.25, 0.3) is 0 Å². The van der Waals surface area contributed by atoms with Gasteiger partial charge in [0.05, 0.1) is 0 Å². The Morgan fingerprint density at radius 1 is 1.18 bits per heavy atom. The molecule has 0 nitrogen and oxygen atoms in total. The Labute approximate surface area is 79.0 Å². The van der Waals surface area contributed by atoms with Crippen LogP contribution >= 0.6 is 0 Å². The zero-order chi connectivity index (χ0) is 8.32. The van der Waals surface area contributed by atoms with Crippen molar-refractivity contribution < 1.29 is 19.4 Å². The van der Waals surface area contributed by atoms with Gasteiger partial charge in [0.1, 0.15) is 0 Å². The Bertz CT molecular complexity index is 236. The first-order valence-corrected chi connectivity index (χ1v) is 5.38. The van der Waals surface area contributed by atoms with Crippen LogP contribution in [0.5, 0.6) is 0 Å². The van der Waals surface area contributed by atoms with Crippen molar-refractivity contribution in [1.82, 2.24) is 0 Å². The van der Waals surface area contributed by atoms with Crippen molar-refractivity contribution in [1.29, 1.82) is 0 Å². The van der Waals surface area contributed by atoms with Gasteiger partial charge in [-0.05, 0) is 0 Å². The molecule has 0 aliphatic carbocycles. The van der Waals surface area contributed by atoms with Crippen LogP contribution in [0.15, 0.2) is 30.3 Å². The molecule has 0 heterocycles. The first-order chi connectivity index (χ1) is 5.17. The topological polar surface area (TPSA) is 0 Å². The Balaban J connectivity index is 3.02. The minimum atomic E-state index is 0.247.